The Morgan fingerprint density at radius 1 is 1.28 bits per heavy atom. The minimum absolute atomic E-state index is 0.0156. The van der Waals surface area contributed by atoms with Gasteiger partial charge in [0.05, 0.1) is 26.7 Å². The lowest BCUT2D eigenvalue weighted by molar-refractivity contribution is -0.388. The quantitative estimate of drug-likeness (QED) is 0.338. The third-order valence-corrected chi connectivity index (χ3v) is 3.97. The maximum absolute atomic E-state index is 13.4. The highest BCUT2D eigenvalue weighted by Crippen LogP contribution is 2.39. The maximum atomic E-state index is 13.4. The Morgan fingerprint density at radius 3 is 2.59 bits per heavy atom. The number of nitriles is 1. The zero-order chi connectivity index (χ0) is 21.3. The predicted octanol–water partition coefficient (Wildman–Crippen LogP) is 5.45. The maximum Gasteiger partial charge on any atom is 0.573 e. The van der Waals surface area contributed by atoms with Crippen molar-refractivity contribution in [2.24, 2.45) is 0 Å². The molecular weight excluding hydrogens is 420 g/mol. The van der Waals surface area contributed by atoms with Gasteiger partial charge in [-0.2, -0.15) is 5.26 Å². The van der Waals surface area contributed by atoms with Gasteiger partial charge in [-0.05, 0) is 18.2 Å². The molecule has 29 heavy (non-hydrogen) atoms. The van der Waals surface area contributed by atoms with Crippen molar-refractivity contribution < 1.29 is 27.2 Å². The molecular formula is C17H7ClF4N4O3. The molecule has 12 heteroatoms. The van der Waals surface area contributed by atoms with Crippen molar-refractivity contribution in [1.82, 2.24) is 4.98 Å². The molecule has 0 atom stereocenters. The van der Waals surface area contributed by atoms with Crippen LogP contribution >= 0.6 is 11.6 Å². The lowest BCUT2D eigenvalue weighted by atomic mass is 10.1. The second-order valence-corrected chi connectivity index (χ2v) is 5.96. The van der Waals surface area contributed by atoms with Gasteiger partial charge in [-0.1, -0.05) is 11.6 Å². The van der Waals surface area contributed by atoms with Crippen LogP contribution in [0.15, 0.2) is 36.5 Å². The fraction of sp³-hybridized carbons (Fsp3) is 0.0588. The van der Waals surface area contributed by atoms with E-state index in [4.69, 9.17) is 11.6 Å². The van der Waals surface area contributed by atoms with Crippen LogP contribution in [0.2, 0.25) is 5.02 Å². The number of nitrogens with one attached hydrogen (secondary N) is 1. The summed E-state index contributed by atoms with van der Waals surface area (Å²) in [4.78, 5) is 14.1. The first kappa shape index (κ1) is 20.1. The molecule has 0 fully saturated rings. The number of hydrogen-bond acceptors (Lipinski definition) is 6. The van der Waals surface area contributed by atoms with Crippen molar-refractivity contribution in [1.29, 1.82) is 5.26 Å². The molecule has 3 aromatic rings. The standard InChI is InChI=1S/C17H7ClF4N4O3/c18-11-3-9(1-2-12(11)19)25-16-8(6-23)7-24-13-5-15(29-17(20,21)22)14(26(27)28)4-10(13)16/h1-5,7H,(H,24,25). The second kappa shape index (κ2) is 7.40. The number of fused-ring (bicyclic) bond motifs is 1. The van der Waals surface area contributed by atoms with Crippen molar-refractivity contribution in [3.8, 4) is 11.8 Å². The van der Waals surface area contributed by atoms with Crippen molar-refractivity contribution in [2.75, 3.05) is 5.32 Å². The topological polar surface area (TPSA) is 101 Å². The average Bonchev–Trinajstić information content (AvgIpc) is 2.63. The Hall–Kier alpha value is -3.65. The van der Waals surface area contributed by atoms with E-state index < -0.39 is 28.5 Å². The Balaban J connectivity index is 2.22. The molecule has 0 aliphatic heterocycles. The molecule has 0 amide bonds. The van der Waals surface area contributed by atoms with Crippen LogP contribution in [0.3, 0.4) is 0 Å². The molecule has 1 N–H and O–H groups in total. The van der Waals surface area contributed by atoms with Crippen LogP contribution < -0.4 is 10.1 Å². The number of nitrogens with zero attached hydrogens (tertiary/aromatic N) is 3. The van der Waals surface area contributed by atoms with Gasteiger partial charge in [-0.15, -0.1) is 13.2 Å². The van der Waals surface area contributed by atoms with E-state index in [1.807, 2.05) is 6.07 Å². The number of nitro groups is 1. The smallest absolute Gasteiger partial charge is 0.398 e. The summed E-state index contributed by atoms with van der Waals surface area (Å²) < 4.78 is 54.8. The van der Waals surface area contributed by atoms with Crippen LogP contribution in [0.5, 0.6) is 5.75 Å². The summed E-state index contributed by atoms with van der Waals surface area (Å²) in [6.45, 7) is 0. The highest BCUT2D eigenvalue weighted by atomic mass is 35.5. The van der Waals surface area contributed by atoms with E-state index in [9.17, 15) is 32.9 Å². The summed E-state index contributed by atoms with van der Waals surface area (Å²) in [6.07, 6.45) is -4.09. The summed E-state index contributed by atoms with van der Waals surface area (Å²) in [5.41, 5.74) is -0.895. The first-order valence-electron chi connectivity index (χ1n) is 7.58. The summed E-state index contributed by atoms with van der Waals surface area (Å²) in [6, 6.07) is 6.92. The van der Waals surface area contributed by atoms with Crippen molar-refractivity contribution in [3.63, 3.8) is 0 Å². The lowest BCUT2D eigenvalue weighted by Crippen LogP contribution is -2.18. The number of alkyl halides is 3. The van der Waals surface area contributed by atoms with E-state index in [1.165, 1.54) is 12.1 Å². The van der Waals surface area contributed by atoms with E-state index in [1.54, 1.807) is 0 Å². The molecule has 0 saturated carbocycles. The number of ether oxygens (including phenoxy) is 1. The molecule has 148 valence electrons. The fourth-order valence-electron chi connectivity index (χ4n) is 2.50. The van der Waals surface area contributed by atoms with E-state index in [0.29, 0.717) is 0 Å². The van der Waals surface area contributed by atoms with Crippen molar-refractivity contribution in [3.05, 3.63) is 63.0 Å². The molecule has 0 saturated heterocycles. The number of aromatic nitrogens is 1. The zero-order valence-electron chi connectivity index (χ0n) is 13.9. The van der Waals surface area contributed by atoms with Gasteiger partial charge in [-0.25, -0.2) is 4.39 Å². The Kier molecular flexibility index (Phi) is 5.13. The van der Waals surface area contributed by atoms with Crippen molar-refractivity contribution >= 4 is 39.6 Å². The summed E-state index contributed by atoms with van der Waals surface area (Å²) in [5.74, 6) is -1.75. The number of nitro benzene ring substituents is 1. The van der Waals surface area contributed by atoms with Gasteiger partial charge in [0.1, 0.15) is 11.9 Å². The predicted molar refractivity (Wildman–Crippen MR) is 94.5 cm³/mol. The zero-order valence-corrected chi connectivity index (χ0v) is 14.7. The van der Waals surface area contributed by atoms with Crippen LogP contribution in [-0.2, 0) is 0 Å². The number of pyridine rings is 1. The number of rotatable bonds is 4. The largest absolute Gasteiger partial charge is 0.573 e. The molecule has 2 aromatic carbocycles. The van der Waals surface area contributed by atoms with Crippen LogP contribution in [0.4, 0.5) is 34.6 Å². The molecule has 0 radical (unpaired) electrons. The first-order valence-corrected chi connectivity index (χ1v) is 7.96. The minimum Gasteiger partial charge on any atom is -0.398 e. The van der Waals surface area contributed by atoms with Crippen LogP contribution in [0, 0.1) is 27.3 Å². The summed E-state index contributed by atoms with van der Waals surface area (Å²) >= 11 is 5.72. The van der Waals surface area contributed by atoms with E-state index >= 15 is 0 Å². The minimum atomic E-state index is -5.16. The van der Waals surface area contributed by atoms with Gasteiger partial charge < -0.3 is 10.1 Å². The molecule has 0 aliphatic rings. The Morgan fingerprint density at radius 2 is 2.00 bits per heavy atom. The molecule has 1 aromatic heterocycles. The lowest BCUT2D eigenvalue weighted by Gasteiger charge is -2.14. The third-order valence-electron chi connectivity index (χ3n) is 3.68. The number of halogens is 5. The van der Waals surface area contributed by atoms with Gasteiger partial charge in [-0.3, -0.25) is 15.1 Å². The third kappa shape index (κ3) is 4.27. The second-order valence-electron chi connectivity index (χ2n) is 5.55. The van der Waals surface area contributed by atoms with Gasteiger partial charge in [0, 0.05) is 29.4 Å². The molecule has 0 bridgehead atoms. The van der Waals surface area contributed by atoms with Crippen LogP contribution in [-0.4, -0.2) is 16.3 Å². The van der Waals surface area contributed by atoms with E-state index in [0.717, 1.165) is 24.4 Å². The molecule has 3 rings (SSSR count). The monoisotopic (exact) mass is 426 g/mol. The van der Waals surface area contributed by atoms with Gasteiger partial charge in [0.25, 0.3) is 0 Å². The molecule has 1 heterocycles. The Labute approximate surface area is 164 Å². The van der Waals surface area contributed by atoms with Crippen molar-refractivity contribution in [2.45, 2.75) is 6.36 Å². The average molecular weight is 427 g/mol. The summed E-state index contributed by atoms with van der Waals surface area (Å²) in [7, 11) is 0. The number of benzene rings is 2. The summed E-state index contributed by atoms with van der Waals surface area (Å²) in [5, 5.41) is 23.1. The molecule has 0 spiro atoms. The SMILES string of the molecule is N#Cc1cnc2cc(OC(F)(F)F)c([N+](=O)[O-])cc2c1Nc1ccc(F)c(Cl)c1. The van der Waals surface area contributed by atoms with E-state index in [-0.39, 0.29) is 32.9 Å². The number of hydrogen-bond donors (Lipinski definition) is 1. The number of anilines is 2. The highest BCUT2D eigenvalue weighted by molar-refractivity contribution is 6.31. The first-order chi connectivity index (χ1) is 13.6. The highest BCUT2D eigenvalue weighted by Gasteiger charge is 2.35. The molecule has 7 nitrogen and oxygen atoms in total. The fourth-order valence-corrected chi connectivity index (χ4v) is 2.68. The molecule has 0 unspecified atom stereocenters. The van der Waals surface area contributed by atoms with Gasteiger partial charge in [0.2, 0.25) is 5.75 Å². The van der Waals surface area contributed by atoms with Crippen LogP contribution in [0.25, 0.3) is 10.9 Å². The van der Waals surface area contributed by atoms with Gasteiger partial charge in [0.15, 0.2) is 0 Å². The normalized spacial score (nSPS) is 11.2. The van der Waals surface area contributed by atoms with E-state index in [2.05, 4.69) is 15.0 Å². The van der Waals surface area contributed by atoms with Crippen LogP contribution in [0.1, 0.15) is 5.56 Å². The molecule has 0 aliphatic carbocycles. The Bertz CT molecular complexity index is 1180. The van der Waals surface area contributed by atoms with Gasteiger partial charge >= 0.3 is 12.0 Å².